The first-order chi connectivity index (χ1) is 12.3. The molecule has 2 rings (SSSR count). The highest BCUT2D eigenvalue weighted by molar-refractivity contribution is 7.89. The van der Waals surface area contributed by atoms with Crippen molar-refractivity contribution in [2.24, 2.45) is 0 Å². The SMILES string of the molecule is CN(CCCNC(=O)Nc1ccccc1CS(C)(=O)=O)c1ccccc1. The average molecular weight is 375 g/mol. The molecule has 7 heteroatoms. The predicted molar refractivity (Wildman–Crippen MR) is 106 cm³/mol. The second-order valence-electron chi connectivity index (χ2n) is 6.22. The van der Waals surface area contributed by atoms with E-state index < -0.39 is 9.84 Å². The molecule has 26 heavy (non-hydrogen) atoms. The average Bonchev–Trinajstić information content (AvgIpc) is 2.60. The Hall–Kier alpha value is -2.54. The molecule has 0 radical (unpaired) electrons. The van der Waals surface area contributed by atoms with Crippen LogP contribution in [0.4, 0.5) is 16.2 Å². The van der Waals surface area contributed by atoms with Gasteiger partial charge in [0.05, 0.1) is 5.75 Å². The minimum Gasteiger partial charge on any atom is -0.375 e. The molecule has 140 valence electrons. The zero-order valence-corrected chi connectivity index (χ0v) is 15.9. The van der Waals surface area contributed by atoms with Gasteiger partial charge in [0.1, 0.15) is 0 Å². The van der Waals surface area contributed by atoms with Crippen molar-refractivity contribution in [1.29, 1.82) is 0 Å². The first kappa shape index (κ1) is 19.8. The zero-order valence-electron chi connectivity index (χ0n) is 15.1. The number of carbonyl (C=O) groups is 1. The van der Waals surface area contributed by atoms with Crippen LogP contribution < -0.4 is 15.5 Å². The molecular weight excluding hydrogens is 350 g/mol. The van der Waals surface area contributed by atoms with Gasteiger partial charge in [-0.2, -0.15) is 0 Å². The molecule has 0 saturated carbocycles. The predicted octanol–water partition coefficient (Wildman–Crippen LogP) is 2.88. The van der Waals surface area contributed by atoms with Crippen LogP contribution in [0.2, 0.25) is 0 Å². The maximum absolute atomic E-state index is 12.1. The Morgan fingerprint density at radius 2 is 1.69 bits per heavy atom. The van der Waals surface area contributed by atoms with Crippen molar-refractivity contribution in [2.75, 3.05) is 36.6 Å². The summed E-state index contributed by atoms with van der Waals surface area (Å²) in [6, 6.07) is 16.6. The number of carbonyl (C=O) groups excluding carboxylic acids is 1. The summed E-state index contributed by atoms with van der Waals surface area (Å²) in [5.41, 5.74) is 2.22. The van der Waals surface area contributed by atoms with E-state index in [1.807, 2.05) is 37.4 Å². The van der Waals surface area contributed by atoms with Gasteiger partial charge >= 0.3 is 6.03 Å². The fourth-order valence-corrected chi connectivity index (χ4v) is 3.36. The molecule has 0 aliphatic heterocycles. The van der Waals surface area contributed by atoms with E-state index in [0.717, 1.165) is 18.7 Å². The summed E-state index contributed by atoms with van der Waals surface area (Å²) in [4.78, 5) is 14.2. The van der Waals surface area contributed by atoms with Gasteiger partial charge in [-0.15, -0.1) is 0 Å². The van der Waals surface area contributed by atoms with E-state index in [4.69, 9.17) is 0 Å². The Morgan fingerprint density at radius 1 is 1.04 bits per heavy atom. The lowest BCUT2D eigenvalue weighted by molar-refractivity contribution is 0.252. The van der Waals surface area contributed by atoms with E-state index in [1.54, 1.807) is 24.3 Å². The van der Waals surface area contributed by atoms with Crippen molar-refractivity contribution in [2.45, 2.75) is 12.2 Å². The van der Waals surface area contributed by atoms with Gasteiger partial charge in [-0.25, -0.2) is 13.2 Å². The number of anilines is 2. The number of sulfone groups is 1. The number of nitrogens with zero attached hydrogens (tertiary/aromatic N) is 1. The Kier molecular flexibility index (Phi) is 7.03. The normalized spacial score (nSPS) is 11.0. The molecule has 0 aliphatic rings. The standard InChI is InChI=1S/C19H25N3O3S/c1-22(17-10-4-3-5-11-17)14-8-13-20-19(23)21-18-12-7-6-9-16(18)15-26(2,24)25/h3-7,9-12H,8,13-15H2,1-2H3,(H2,20,21,23). The fraction of sp³-hybridized carbons (Fsp3) is 0.316. The van der Waals surface area contributed by atoms with Crippen LogP contribution in [-0.2, 0) is 15.6 Å². The fourth-order valence-electron chi connectivity index (χ4n) is 2.55. The number of hydrogen-bond acceptors (Lipinski definition) is 4. The van der Waals surface area contributed by atoms with Crippen molar-refractivity contribution in [1.82, 2.24) is 5.32 Å². The van der Waals surface area contributed by atoms with Crippen LogP contribution in [0.15, 0.2) is 54.6 Å². The van der Waals surface area contributed by atoms with E-state index in [-0.39, 0.29) is 11.8 Å². The lowest BCUT2D eigenvalue weighted by Gasteiger charge is -2.19. The Balaban J connectivity index is 1.79. The highest BCUT2D eigenvalue weighted by atomic mass is 32.2. The summed E-state index contributed by atoms with van der Waals surface area (Å²) in [6.07, 6.45) is 1.97. The van der Waals surface area contributed by atoms with Crippen LogP contribution in [0, 0.1) is 0 Å². The Morgan fingerprint density at radius 3 is 2.38 bits per heavy atom. The second-order valence-corrected chi connectivity index (χ2v) is 8.36. The molecule has 6 nitrogen and oxygen atoms in total. The maximum atomic E-state index is 12.1. The van der Waals surface area contributed by atoms with Gasteiger partial charge in [-0.1, -0.05) is 36.4 Å². The summed E-state index contributed by atoms with van der Waals surface area (Å²) < 4.78 is 23.0. The zero-order chi connectivity index (χ0) is 19.0. The molecule has 2 aromatic rings. The number of benzene rings is 2. The molecule has 0 aromatic heterocycles. The van der Waals surface area contributed by atoms with E-state index in [9.17, 15) is 13.2 Å². The number of para-hydroxylation sites is 2. The summed E-state index contributed by atoms with van der Waals surface area (Å²) in [5, 5.41) is 5.53. The molecule has 0 aliphatic carbocycles. The number of hydrogen-bond donors (Lipinski definition) is 2. The van der Waals surface area contributed by atoms with Crippen LogP contribution in [0.5, 0.6) is 0 Å². The highest BCUT2D eigenvalue weighted by Crippen LogP contribution is 2.17. The molecule has 0 unspecified atom stereocenters. The topological polar surface area (TPSA) is 78.5 Å². The molecular formula is C19H25N3O3S. The van der Waals surface area contributed by atoms with Crippen LogP contribution in [0.3, 0.4) is 0 Å². The summed E-state index contributed by atoms with van der Waals surface area (Å²) in [5.74, 6) is -0.106. The number of amides is 2. The van der Waals surface area contributed by atoms with Gasteiger partial charge < -0.3 is 15.5 Å². The van der Waals surface area contributed by atoms with Crippen molar-refractivity contribution in [3.05, 3.63) is 60.2 Å². The Labute approximate surface area is 155 Å². The first-order valence-electron chi connectivity index (χ1n) is 8.42. The third kappa shape index (κ3) is 6.76. The summed E-state index contributed by atoms with van der Waals surface area (Å²) in [6.45, 7) is 1.34. The van der Waals surface area contributed by atoms with Crippen molar-refractivity contribution in [3.8, 4) is 0 Å². The van der Waals surface area contributed by atoms with Crippen LogP contribution in [0.1, 0.15) is 12.0 Å². The first-order valence-corrected chi connectivity index (χ1v) is 10.5. The van der Waals surface area contributed by atoms with Crippen LogP contribution in [0.25, 0.3) is 0 Å². The molecule has 2 N–H and O–H groups in total. The molecule has 2 aromatic carbocycles. The van der Waals surface area contributed by atoms with Crippen molar-refractivity contribution < 1.29 is 13.2 Å². The monoisotopic (exact) mass is 375 g/mol. The lowest BCUT2D eigenvalue weighted by Crippen LogP contribution is -2.32. The molecule has 0 saturated heterocycles. The van der Waals surface area contributed by atoms with Gasteiger partial charge in [0.25, 0.3) is 0 Å². The third-order valence-corrected chi connectivity index (χ3v) is 4.67. The molecule has 0 bridgehead atoms. The number of rotatable bonds is 8. The van der Waals surface area contributed by atoms with E-state index in [2.05, 4.69) is 15.5 Å². The molecule has 0 spiro atoms. The van der Waals surface area contributed by atoms with Crippen molar-refractivity contribution in [3.63, 3.8) is 0 Å². The lowest BCUT2D eigenvalue weighted by atomic mass is 10.2. The third-order valence-electron chi connectivity index (χ3n) is 3.84. The quantitative estimate of drug-likeness (QED) is 0.696. The minimum absolute atomic E-state index is 0.106. The van der Waals surface area contributed by atoms with Crippen LogP contribution >= 0.6 is 0 Å². The summed E-state index contributed by atoms with van der Waals surface area (Å²) >= 11 is 0. The second kappa shape index (κ2) is 9.24. The van der Waals surface area contributed by atoms with Gasteiger partial charge in [0.2, 0.25) is 0 Å². The minimum atomic E-state index is -3.17. The highest BCUT2D eigenvalue weighted by Gasteiger charge is 2.11. The molecule has 2 amide bonds. The van der Waals surface area contributed by atoms with E-state index in [0.29, 0.717) is 17.8 Å². The van der Waals surface area contributed by atoms with E-state index in [1.165, 1.54) is 6.26 Å². The van der Waals surface area contributed by atoms with Crippen LogP contribution in [-0.4, -0.2) is 40.8 Å². The maximum Gasteiger partial charge on any atom is 0.319 e. The largest absolute Gasteiger partial charge is 0.375 e. The summed E-state index contributed by atoms with van der Waals surface area (Å²) in [7, 11) is -1.16. The van der Waals surface area contributed by atoms with E-state index >= 15 is 0 Å². The molecule has 0 heterocycles. The van der Waals surface area contributed by atoms with Gasteiger partial charge in [-0.05, 0) is 30.2 Å². The molecule has 0 atom stereocenters. The van der Waals surface area contributed by atoms with Gasteiger partial charge in [-0.3, -0.25) is 0 Å². The Bertz CT molecular complexity index is 823. The number of urea groups is 1. The van der Waals surface area contributed by atoms with Crippen molar-refractivity contribution >= 4 is 27.2 Å². The number of nitrogens with one attached hydrogen (secondary N) is 2. The smallest absolute Gasteiger partial charge is 0.319 e. The van der Waals surface area contributed by atoms with Gasteiger partial charge in [0.15, 0.2) is 9.84 Å². The molecule has 0 fully saturated rings. The van der Waals surface area contributed by atoms with Gasteiger partial charge in [0, 0.05) is 37.8 Å².